The van der Waals surface area contributed by atoms with Crippen molar-refractivity contribution in [1.82, 2.24) is 0 Å². The number of furan rings is 1. The van der Waals surface area contributed by atoms with Crippen LogP contribution in [0, 0.1) is 6.92 Å². The van der Waals surface area contributed by atoms with Crippen molar-refractivity contribution in [3.8, 4) is 22.3 Å². The third-order valence-electron chi connectivity index (χ3n) is 6.70. The fourth-order valence-corrected chi connectivity index (χ4v) is 5.59. The lowest BCUT2D eigenvalue weighted by Crippen LogP contribution is -1.93. The standard InChI is InChI=1S/C29H23ClO/c1-3-7-18-15-23-19(14-17(18)2)16-24-20(12-13-25(30)28(23)24)21-9-6-11-27-29(21)22-8-4-5-10-26(22)31-27/h3,5-7,9-15H,4,8,16H2,1-2H3/b7-3-. The molecule has 3 aromatic carbocycles. The van der Waals surface area contributed by atoms with Gasteiger partial charge in [0.15, 0.2) is 0 Å². The van der Waals surface area contributed by atoms with E-state index in [0.29, 0.717) is 0 Å². The van der Waals surface area contributed by atoms with Gasteiger partial charge in [0.2, 0.25) is 0 Å². The highest BCUT2D eigenvalue weighted by molar-refractivity contribution is 6.34. The van der Waals surface area contributed by atoms with Gasteiger partial charge >= 0.3 is 0 Å². The van der Waals surface area contributed by atoms with Gasteiger partial charge in [-0.05, 0) is 96.3 Å². The molecule has 1 nitrogen and oxygen atoms in total. The molecule has 6 rings (SSSR count). The molecule has 1 aromatic heterocycles. The molecule has 2 aliphatic rings. The molecule has 4 aromatic rings. The van der Waals surface area contributed by atoms with Gasteiger partial charge in [-0.15, -0.1) is 0 Å². The van der Waals surface area contributed by atoms with Crippen LogP contribution in [0.2, 0.25) is 5.02 Å². The summed E-state index contributed by atoms with van der Waals surface area (Å²) in [5.41, 5.74) is 12.5. The number of allylic oxidation sites excluding steroid dienone is 2. The Morgan fingerprint density at radius 1 is 1.00 bits per heavy atom. The second-order valence-electron chi connectivity index (χ2n) is 8.56. The Kier molecular flexibility index (Phi) is 4.23. The predicted molar refractivity (Wildman–Crippen MR) is 132 cm³/mol. The molecule has 152 valence electrons. The van der Waals surface area contributed by atoms with E-state index in [1.165, 1.54) is 55.5 Å². The smallest absolute Gasteiger partial charge is 0.135 e. The summed E-state index contributed by atoms with van der Waals surface area (Å²) in [4.78, 5) is 0. The largest absolute Gasteiger partial charge is 0.456 e. The maximum Gasteiger partial charge on any atom is 0.135 e. The van der Waals surface area contributed by atoms with Crippen LogP contribution in [0.4, 0.5) is 0 Å². The normalized spacial score (nSPS) is 14.3. The number of aryl methyl sites for hydroxylation is 2. The molecule has 0 amide bonds. The Balaban J connectivity index is 1.61. The van der Waals surface area contributed by atoms with Gasteiger partial charge in [0, 0.05) is 21.5 Å². The zero-order valence-corrected chi connectivity index (χ0v) is 18.5. The van der Waals surface area contributed by atoms with Crippen LogP contribution >= 0.6 is 11.6 Å². The van der Waals surface area contributed by atoms with Crippen molar-refractivity contribution in [2.75, 3.05) is 0 Å². The van der Waals surface area contributed by atoms with Crippen LogP contribution in [0.15, 0.2) is 59.0 Å². The highest BCUT2D eigenvalue weighted by atomic mass is 35.5. The maximum absolute atomic E-state index is 6.79. The van der Waals surface area contributed by atoms with E-state index in [4.69, 9.17) is 16.0 Å². The van der Waals surface area contributed by atoms with Crippen LogP contribution in [0.5, 0.6) is 0 Å². The highest BCUT2D eigenvalue weighted by Crippen LogP contribution is 2.48. The Bertz CT molecular complexity index is 1430. The molecule has 0 saturated heterocycles. The average molecular weight is 423 g/mol. The van der Waals surface area contributed by atoms with E-state index >= 15 is 0 Å². The van der Waals surface area contributed by atoms with Crippen molar-refractivity contribution in [2.45, 2.75) is 33.1 Å². The molecule has 0 atom stereocenters. The van der Waals surface area contributed by atoms with Crippen molar-refractivity contribution >= 4 is 34.7 Å². The molecule has 2 heteroatoms. The van der Waals surface area contributed by atoms with E-state index in [0.717, 1.165) is 35.6 Å². The van der Waals surface area contributed by atoms with Gasteiger partial charge in [-0.3, -0.25) is 0 Å². The molecule has 0 fully saturated rings. The number of hydrogen-bond acceptors (Lipinski definition) is 1. The third-order valence-corrected chi connectivity index (χ3v) is 7.02. The van der Waals surface area contributed by atoms with Crippen LogP contribution in [-0.2, 0) is 12.8 Å². The van der Waals surface area contributed by atoms with Crippen molar-refractivity contribution in [3.63, 3.8) is 0 Å². The van der Waals surface area contributed by atoms with E-state index in [1.54, 1.807) is 0 Å². The van der Waals surface area contributed by atoms with Crippen molar-refractivity contribution in [1.29, 1.82) is 0 Å². The Labute approximate surface area is 187 Å². The number of fused-ring (bicyclic) bond motifs is 6. The van der Waals surface area contributed by atoms with Crippen LogP contribution in [-0.4, -0.2) is 0 Å². The van der Waals surface area contributed by atoms with Gasteiger partial charge in [0.05, 0.1) is 0 Å². The van der Waals surface area contributed by atoms with Gasteiger partial charge in [0.25, 0.3) is 0 Å². The Hall–Kier alpha value is -3.03. The summed E-state index contributed by atoms with van der Waals surface area (Å²) in [5, 5.41) is 2.09. The fraction of sp³-hybridized carbons (Fsp3) is 0.172. The Morgan fingerprint density at radius 2 is 1.90 bits per heavy atom. The van der Waals surface area contributed by atoms with Crippen molar-refractivity contribution < 1.29 is 4.42 Å². The highest BCUT2D eigenvalue weighted by Gasteiger charge is 2.27. The first-order chi connectivity index (χ1) is 15.2. The van der Waals surface area contributed by atoms with E-state index in [1.807, 2.05) is 0 Å². The summed E-state index contributed by atoms with van der Waals surface area (Å²) in [6.07, 6.45) is 11.6. The molecular weight excluding hydrogens is 400 g/mol. The minimum absolute atomic E-state index is 0.831. The monoisotopic (exact) mass is 422 g/mol. The van der Waals surface area contributed by atoms with Gasteiger partial charge in [-0.25, -0.2) is 0 Å². The lowest BCUT2D eigenvalue weighted by molar-refractivity contribution is 0.595. The number of rotatable bonds is 2. The zero-order chi connectivity index (χ0) is 21.1. The minimum Gasteiger partial charge on any atom is -0.456 e. The molecule has 31 heavy (non-hydrogen) atoms. The molecule has 0 aliphatic heterocycles. The van der Waals surface area contributed by atoms with Crippen molar-refractivity contribution in [2.24, 2.45) is 0 Å². The fourth-order valence-electron chi connectivity index (χ4n) is 5.32. The molecule has 0 N–H and O–H groups in total. The second kappa shape index (κ2) is 7.00. The van der Waals surface area contributed by atoms with E-state index in [-0.39, 0.29) is 0 Å². The molecule has 0 radical (unpaired) electrons. The first kappa shape index (κ1) is 18.7. The molecule has 0 spiro atoms. The molecule has 0 bridgehead atoms. The first-order valence-electron chi connectivity index (χ1n) is 10.9. The van der Waals surface area contributed by atoms with Crippen LogP contribution in [0.25, 0.3) is 45.4 Å². The SMILES string of the molecule is C/C=C\c1cc2c(cc1C)Cc1c(-c3cccc4oc5c(c34)CCC=C5)ccc(Cl)c1-2. The molecular formula is C29H23ClO. The lowest BCUT2D eigenvalue weighted by atomic mass is 9.90. The van der Waals surface area contributed by atoms with Crippen LogP contribution in [0.3, 0.4) is 0 Å². The predicted octanol–water partition coefficient (Wildman–Crippen LogP) is 8.63. The van der Waals surface area contributed by atoms with Gasteiger partial charge in [-0.1, -0.05) is 54.1 Å². The summed E-state index contributed by atoms with van der Waals surface area (Å²) < 4.78 is 6.20. The molecule has 0 saturated carbocycles. The molecule has 0 unspecified atom stereocenters. The zero-order valence-electron chi connectivity index (χ0n) is 17.8. The lowest BCUT2D eigenvalue weighted by Gasteiger charge is -2.13. The van der Waals surface area contributed by atoms with Gasteiger partial charge < -0.3 is 4.42 Å². The summed E-state index contributed by atoms with van der Waals surface area (Å²) in [7, 11) is 0. The number of halogens is 1. The van der Waals surface area contributed by atoms with E-state index < -0.39 is 0 Å². The quantitative estimate of drug-likeness (QED) is 0.277. The van der Waals surface area contributed by atoms with Gasteiger partial charge in [0.1, 0.15) is 11.3 Å². The maximum atomic E-state index is 6.79. The summed E-state index contributed by atoms with van der Waals surface area (Å²) in [6.45, 7) is 4.25. The number of hydrogen-bond donors (Lipinski definition) is 0. The second-order valence-corrected chi connectivity index (χ2v) is 8.96. The van der Waals surface area contributed by atoms with Crippen molar-refractivity contribution in [3.05, 3.63) is 93.2 Å². The molecule has 1 heterocycles. The minimum atomic E-state index is 0.831. The topological polar surface area (TPSA) is 13.1 Å². The van der Waals surface area contributed by atoms with E-state index in [9.17, 15) is 0 Å². The summed E-state index contributed by atoms with van der Waals surface area (Å²) in [6, 6.07) is 15.3. The first-order valence-corrected chi connectivity index (χ1v) is 11.3. The van der Waals surface area contributed by atoms with Crippen LogP contribution in [0.1, 0.15) is 46.9 Å². The third kappa shape index (κ3) is 2.77. The Morgan fingerprint density at radius 3 is 2.77 bits per heavy atom. The van der Waals surface area contributed by atoms with Crippen LogP contribution < -0.4 is 0 Å². The average Bonchev–Trinajstić information content (AvgIpc) is 3.33. The summed E-state index contributed by atoms with van der Waals surface area (Å²) >= 11 is 6.79. The molecule has 2 aliphatic carbocycles. The van der Waals surface area contributed by atoms with E-state index in [2.05, 4.69) is 80.6 Å². The van der Waals surface area contributed by atoms with Gasteiger partial charge in [-0.2, -0.15) is 0 Å². The number of benzene rings is 3. The summed E-state index contributed by atoms with van der Waals surface area (Å²) in [5.74, 6) is 1.01.